The number of rotatable bonds is 8. The summed E-state index contributed by atoms with van der Waals surface area (Å²) in [6, 6.07) is 11.7. The van der Waals surface area contributed by atoms with Gasteiger partial charge in [-0.05, 0) is 43.5 Å². The number of nitrogens with zero attached hydrogens (tertiary/aromatic N) is 5. The van der Waals surface area contributed by atoms with E-state index < -0.39 is 0 Å². The van der Waals surface area contributed by atoms with Crippen LogP contribution in [0.15, 0.2) is 55.1 Å². The summed E-state index contributed by atoms with van der Waals surface area (Å²) in [5, 5.41) is 4.27. The molecule has 6 heteroatoms. The van der Waals surface area contributed by atoms with Crippen LogP contribution >= 0.6 is 0 Å². The minimum Gasteiger partial charge on any atom is -0.332 e. The monoisotopic (exact) mass is 377 g/mol. The highest BCUT2D eigenvalue weighted by Crippen LogP contribution is 2.20. The third-order valence-corrected chi connectivity index (χ3v) is 4.90. The first-order valence-electron chi connectivity index (χ1n) is 9.82. The molecule has 3 aromatic rings. The van der Waals surface area contributed by atoms with Crippen molar-refractivity contribution in [2.75, 3.05) is 0 Å². The lowest BCUT2D eigenvalue weighted by Crippen LogP contribution is -2.37. The predicted molar refractivity (Wildman–Crippen MR) is 110 cm³/mol. The van der Waals surface area contributed by atoms with Gasteiger partial charge in [0.25, 0.3) is 5.91 Å². The second-order valence-corrected chi connectivity index (χ2v) is 6.94. The van der Waals surface area contributed by atoms with Gasteiger partial charge in [-0.2, -0.15) is 5.10 Å². The van der Waals surface area contributed by atoms with Crippen molar-refractivity contribution in [3.63, 3.8) is 0 Å². The van der Waals surface area contributed by atoms with E-state index in [1.807, 2.05) is 52.2 Å². The van der Waals surface area contributed by atoms with Gasteiger partial charge in [0.1, 0.15) is 6.33 Å². The van der Waals surface area contributed by atoms with Crippen LogP contribution in [0.25, 0.3) is 11.4 Å². The fourth-order valence-corrected chi connectivity index (χ4v) is 3.13. The Labute approximate surface area is 166 Å². The Morgan fingerprint density at radius 3 is 2.61 bits per heavy atom. The van der Waals surface area contributed by atoms with Crippen molar-refractivity contribution in [3.8, 4) is 11.4 Å². The maximum absolute atomic E-state index is 13.2. The van der Waals surface area contributed by atoms with E-state index in [0.29, 0.717) is 12.1 Å². The lowest BCUT2D eigenvalue weighted by atomic mass is 10.1. The van der Waals surface area contributed by atoms with E-state index >= 15 is 0 Å². The van der Waals surface area contributed by atoms with Gasteiger partial charge in [-0.25, -0.2) is 9.67 Å². The first kappa shape index (κ1) is 19.7. The number of aryl methyl sites for hydroxylation is 1. The molecule has 0 aliphatic heterocycles. The number of benzene rings is 1. The zero-order valence-corrected chi connectivity index (χ0v) is 16.7. The average Bonchev–Trinajstić information content (AvgIpc) is 3.20. The largest absolute Gasteiger partial charge is 0.332 e. The molecule has 0 radical (unpaired) electrons. The fourth-order valence-electron chi connectivity index (χ4n) is 3.13. The lowest BCUT2D eigenvalue weighted by molar-refractivity contribution is 0.0671. The molecule has 0 fully saturated rings. The van der Waals surface area contributed by atoms with Crippen LogP contribution in [0.4, 0.5) is 0 Å². The summed E-state index contributed by atoms with van der Waals surface area (Å²) in [7, 11) is 0. The van der Waals surface area contributed by atoms with Gasteiger partial charge in [-0.3, -0.25) is 9.78 Å². The second-order valence-electron chi connectivity index (χ2n) is 6.94. The van der Waals surface area contributed by atoms with E-state index in [4.69, 9.17) is 0 Å². The maximum Gasteiger partial charge on any atom is 0.254 e. The number of amides is 1. The molecule has 2 aromatic heterocycles. The van der Waals surface area contributed by atoms with Gasteiger partial charge in [0, 0.05) is 42.7 Å². The molecule has 2 heterocycles. The van der Waals surface area contributed by atoms with Crippen molar-refractivity contribution in [1.82, 2.24) is 24.6 Å². The van der Waals surface area contributed by atoms with Crippen LogP contribution < -0.4 is 0 Å². The molecule has 0 N–H and O–H groups in total. The fraction of sp³-hybridized carbons (Fsp3) is 0.364. The zero-order valence-electron chi connectivity index (χ0n) is 16.7. The topological polar surface area (TPSA) is 63.9 Å². The molecule has 0 bridgehead atoms. The van der Waals surface area contributed by atoms with Crippen molar-refractivity contribution in [1.29, 1.82) is 0 Å². The highest BCUT2D eigenvalue weighted by molar-refractivity contribution is 5.94. The molecule has 1 atom stereocenters. The van der Waals surface area contributed by atoms with Crippen LogP contribution in [-0.2, 0) is 13.1 Å². The van der Waals surface area contributed by atoms with Crippen LogP contribution in [0.2, 0.25) is 0 Å². The molecular formula is C22H27N5O. The molecule has 28 heavy (non-hydrogen) atoms. The number of hydrogen-bond acceptors (Lipinski definition) is 4. The summed E-state index contributed by atoms with van der Waals surface area (Å²) < 4.78 is 1.89. The standard InChI is InChI=1S/C22H27N5O/c1-4-13-27-21(24-16-25-27)19-8-10-20(11-9-19)22(28)26(17(3)5-2)15-18-7-6-12-23-14-18/h6-12,14,16-17H,4-5,13,15H2,1-3H3. The van der Waals surface area contributed by atoms with Gasteiger partial charge < -0.3 is 4.90 Å². The SMILES string of the molecule is CCCn1ncnc1-c1ccc(C(=O)N(Cc2cccnc2)C(C)CC)cc1. The Kier molecular flexibility index (Phi) is 6.53. The molecule has 0 aliphatic carbocycles. The summed E-state index contributed by atoms with van der Waals surface area (Å²) >= 11 is 0. The van der Waals surface area contributed by atoms with Crippen molar-refractivity contribution < 1.29 is 4.79 Å². The number of hydrogen-bond donors (Lipinski definition) is 0. The zero-order chi connectivity index (χ0) is 19.9. The Morgan fingerprint density at radius 2 is 1.96 bits per heavy atom. The molecule has 1 amide bonds. The molecule has 3 rings (SSSR count). The van der Waals surface area contributed by atoms with Crippen LogP contribution in [0.1, 0.15) is 49.5 Å². The number of carbonyl (C=O) groups is 1. The summed E-state index contributed by atoms with van der Waals surface area (Å²) in [5.41, 5.74) is 2.67. The molecule has 6 nitrogen and oxygen atoms in total. The highest BCUT2D eigenvalue weighted by atomic mass is 16.2. The third kappa shape index (κ3) is 4.44. The minimum absolute atomic E-state index is 0.0276. The van der Waals surface area contributed by atoms with Crippen molar-refractivity contribution >= 4 is 5.91 Å². The molecule has 1 aromatic carbocycles. The van der Waals surface area contributed by atoms with Gasteiger partial charge in [0.15, 0.2) is 5.82 Å². The highest BCUT2D eigenvalue weighted by Gasteiger charge is 2.21. The van der Waals surface area contributed by atoms with Gasteiger partial charge in [-0.1, -0.05) is 32.0 Å². The van der Waals surface area contributed by atoms with E-state index in [1.54, 1.807) is 12.5 Å². The number of aromatic nitrogens is 4. The van der Waals surface area contributed by atoms with Crippen LogP contribution in [0.5, 0.6) is 0 Å². The van der Waals surface area contributed by atoms with Gasteiger partial charge in [-0.15, -0.1) is 0 Å². The lowest BCUT2D eigenvalue weighted by Gasteiger charge is -2.29. The normalized spacial score (nSPS) is 12.0. The Hall–Kier alpha value is -3.02. The maximum atomic E-state index is 13.2. The Bertz CT molecular complexity index is 889. The third-order valence-electron chi connectivity index (χ3n) is 4.90. The smallest absolute Gasteiger partial charge is 0.254 e. The first-order valence-corrected chi connectivity index (χ1v) is 9.82. The van der Waals surface area contributed by atoms with Crippen molar-refractivity contribution in [2.45, 2.75) is 52.7 Å². The number of carbonyl (C=O) groups excluding carboxylic acids is 1. The van der Waals surface area contributed by atoms with Gasteiger partial charge in [0.2, 0.25) is 0 Å². The van der Waals surface area contributed by atoms with Gasteiger partial charge in [0.05, 0.1) is 0 Å². The molecule has 0 aliphatic rings. The minimum atomic E-state index is 0.0276. The summed E-state index contributed by atoms with van der Waals surface area (Å²) in [5.74, 6) is 0.856. The van der Waals surface area contributed by atoms with Gasteiger partial charge >= 0.3 is 0 Å². The first-order chi connectivity index (χ1) is 13.6. The molecule has 0 spiro atoms. The van der Waals surface area contributed by atoms with Crippen molar-refractivity contribution in [2.24, 2.45) is 0 Å². The predicted octanol–water partition coefficient (Wildman–Crippen LogP) is 4.19. The molecule has 1 unspecified atom stereocenters. The van der Waals surface area contributed by atoms with E-state index in [-0.39, 0.29) is 11.9 Å². The summed E-state index contributed by atoms with van der Waals surface area (Å²) in [4.78, 5) is 23.6. The van der Waals surface area contributed by atoms with E-state index in [2.05, 4.69) is 35.8 Å². The molecule has 0 saturated carbocycles. The average molecular weight is 377 g/mol. The van der Waals surface area contributed by atoms with E-state index in [9.17, 15) is 4.79 Å². The quantitative estimate of drug-likeness (QED) is 0.590. The van der Waals surface area contributed by atoms with Crippen LogP contribution in [-0.4, -0.2) is 36.6 Å². The summed E-state index contributed by atoms with van der Waals surface area (Å²) in [6.45, 7) is 7.66. The molecule has 0 saturated heterocycles. The van der Waals surface area contributed by atoms with Crippen LogP contribution in [0, 0.1) is 0 Å². The molecule has 146 valence electrons. The van der Waals surface area contributed by atoms with E-state index in [1.165, 1.54) is 0 Å². The molecular weight excluding hydrogens is 350 g/mol. The summed E-state index contributed by atoms with van der Waals surface area (Å²) in [6.07, 6.45) is 7.01. The number of pyridine rings is 1. The van der Waals surface area contributed by atoms with Crippen molar-refractivity contribution in [3.05, 3.63) is 66.2 Å². The Morgan fingerprint density at radius 1 is 1.18 bits per heavy atom. The Balaban J connectivity index is 1.82. The van der Waals surface area contributed by atoms with Crippen LogP contribution in [0.3, 0.4) is 0 Å². The second kappa shape index (κ2) is 9.26. The van der Waals surface area contributed by atoms with E-state index in [0.717, 1.165) is 36.3 Å².